The summed E-state index contributed by atoms with van der Waals surface area (Å²) in [5.74, 6) is 6.11. The molecule has 1 rings (SSSR count). The van der Waals surface area contributed by atoms with Gasteiger partial charge in [0.2, 0.25) is 0 Å². The molecule has 0 amide bonds. The highest BCUT2D eigenvalue weighted by molar-refractivity contribution is 5.51. The second-order valence-electron chi connectivity index (χ2n) is 2.37. The fourth-order valence-corrected chi connectivity index (χ4v) is 0.803. The van der Waals surface area contributed by atoms with Gasteiger partial charge in [-0.2, -0.15) is 0 Å². The molecular formula is C10H10O3. The molecular weight excluding hydrogens is 168 g/mol. The van der Waals surface area contributed by atoms with Crippen molar-refractivity contribution in [2.24, 2.45) is 0 Å². The first-order chi connectivity index (χ1) is 6.36. The largest absolute Gasteiger partial charge is 0.456 e. The lowest BCUT2D eigenvalue weighted by Crippen LogP contribution is -2.07. The zero-order valence-corrected chi connectivity index (χ0v) is 7.32. The number of carbonyl (C=O) groups is 1. The minimum absolute atomic E-state index is 0.282. The highest BCUT2D eigenvalue weighted by Gasteiger charge is 2.00. The van der Waals surface area contributed by atoms with E-state index in [1.165, 1.54) is 7.11 Å². The highest BCUT2D eigenvalue weighted by Crippen LogP contribution is 1.98. The molecule has 0 aromatic carbocycles. The predicted octanol–water partition coefficient (Wildman–Crippen LogP) is 1.24. The molecule has 0 radical (unpaired) electrons. The van der Waals surface area contributed by atoms with Crippen LogP contribution >= 0.6 is 0 Å². The smallest absolute Gasteiger partial charge is 0.176 e. The van der Waals surface area contributed by atoms with Crippen molar-refractivity contribution < 1.29 is 13.9 Å². The number of ether oxygens (including phenoxy) is 1. The lowest BCUT2D eigenvalue weighted by atomic mass is 10.2. The Kier molecular flexibility index (Phi) is 3.80. The zero-order valence-electron chi connectivity index (χ0n) is 7.32. The van der Waals surface area contributed by atoms with Gasteiger partial charge in [0.15, 0.2) is 5.76 Å². The van der Waals surface area contributed by atoms with Gasteiger partial charge in [0.25, 0.3) is 0 Å². The van der Waals surface area contributed by atoms with Crippen LogP contribution in [0.4, 0.5) is 0 Å². The van der Waals surface area contributed by atoms with Gasteiger partial charge < -0.3 is 13.9 Å². The Morgan fingerprint density at radius 2 is 2.62 bits per heavy atom. The van der Waals surface area contributed by atoms with Crippen molar-refractivity contribution in [1.82, 2.24) is 0 Å². The molecule has 13 heavy (non-hydrogen) atoms. The van der Waals surface area contributed by atoms with Gasteiger partial charge in [0.05, 0.1) is 6.26 Å². The van der Waals surface area contributed by atoms with Crippen LogP contribution in [0.5, 0.6) is 0 Å². The summed E-state index contributed by atoms with van der Waals surface area (Å²) in [7, 11) is 1.52. The van der Waals surface area contributed by atoms with E-state index in [0.717, 1.165) is 6.29 Å². The molecule has 0 saturated heterocycles. The Balaban J connectivity index is 2.58. The average Bonchev–Trinajstić information content (AvgIpc) is 2.64. The average molecular weight is 178 g/mol. The van der Waals surface area contributed by atoms with Crippen molar-refractivity contribution in [2.75, 3.05) is 7.11 Å². The first-order valence-electron chi connectivity index (χ1n) is 3.88. The summed E-state index contributed by atoms with van der Waals surface area (Å²) in [5.41, 5.74) is 0. The first-order valence-corrected chi connectivity index (χ1v) is 3.88. The van der Waals surface area contributed by atoms with E-state index in [4.69, 9.17) is 9.15 Å². The van der Waals surface area contributed by atoms with Crippen LogP contribution < -0.4 is 0 Å². The first kappa shape index (κ1) is 9.56. The molecule has 1 atom stereocenters. The lowest BCUT2D eigenvalue weighted by Gasteiger charge is -2.01. The van der Waals surface area contributed by atoms with Crippen LogP contribution in [0.15, 0.2) is 22.8 Å². The Hall–Kier alpha value is -1.53. The molecule has 3 nitrogen and oxygen atoms in total. The third-order valence-corrected chi connectivity index (χ3v) is 1.47. The minimum atomic E-state index is -0.345. The fraction of sp³-hybridized carbons (Fsp3) is 0.300. The maximum absolute atomic E-state index is 10.2. The molecule has 0 spiro atoms. The summed E-state index contributed by atoms with van der Waals surface area (Å²) in [6.45, 7) is 0. The SMILES string of the molecule is COC(C#Cc1ccco1)CC=O. The van der Waals surface area contributed by atoms with E-state index < -0.39 is 0 Å². The molecule has 1 heterocycles. The molecule has 1 aromatic heterocycles. The van der Waals surface area contributed by atoms with Gasteiger partial charge in [0.1, 0.15) is 12.4 Å². The molecule has 1 unspecified atom stereocenters. The summed E-state index contributed by atoms with van der Waals surface area (Å²) in [5, 5.41) is 0. The molecule has 68 valence electrons. The van der Waals surface area contributed by atoms with Crippen molar-refractivity contribution in [2.45, 2.75) is 12.5 Å². The number of aldehydes is 1. The molecule has 1 aromatic rings. The van der Waals surface area contributed by atoms with Gasteiger partial charge in [-0.15, -0.1) is 0 Å². The number of carbonyl (C=O) groups excluding carboxylic acids is 1. The predicted molar refractivity (Wildman–Crippen MR) is 47.1 cm³/mol. The molecule has 0 aliphatic rings. The van der Waals surface area contributed by atoms with E-state index in [1.54, 1.807) is 18.4 Å². The van der Waals surface area contributed by atoms with Gasteiger partial charge >= 0.3 is 0 Å². The Labute approximate surface area is 76.7 Å². The van der Waals surface area contributed by atoms with Crippen molar-refractivity contribution in [3.05, 3.63) is 24.2 Å². The number of hydrogen-bond acceptors (Lipinski definition) is 3. The Bertz CT molecular complexity index is 303. The molecule has 0 aliphatic carbocycles. The van der Waals surface area contributed by atoms with E-state index in [1.807, 2.05) is 0 Å². The van der Waals surface area contributed by atoms with Gasteiger partial charge in [-0.1, -0.05) is 5.92 Å². The van der Waals surface area contributed by atoms with E-state index >= 15 is 0 Å². The fourth-order valence-electron chi connectivity index (χ4n) is 0.803. The van der Waals surface area contributed by atoms with Crippen LogP contribution in [0.3, 0.4) is 0 Å². The maximum Gasteiger partial charge on any atom is 0.176 e. The van der Waals surface area contributed by atoms with Crippen molar-refractivity contribution in [1.29, 1.82) is 0 Å². The monoisotopic (exact) mass is 178 g/mol. The quantitative estimate of drug-likeness (QED) is 0.516. The van der Waals surface area contributed by atoms with E-state index in [2.05, 4.69) is 11.8 Å². The summed E-state index contributed by atoms with van der Waals surface area (Å²) >= 11 is 0. The molecule has 0 aliphatic heterocycles. The number of hydrogen-bond donors (Lipinski definition) is 0. The third-order valence-electron chi connectivity index (χ3n) is 1.47. The van der Waals surface area contributed by atoms with Crippen LogP contribution in [0.1, 0.15) is 12.2 Å². The van der Waals surface area contributed by atoms with E-state index in [9.17, 15) is 4.79 Å². The van der Waals surface area contributed by atoms with Gasteiger partial charge in [-0.25, -0.2) is 0 Å². The van der Waals surface area contributed by atoms with Crippen LogP contribution in [0.25, 0.3) is 0 Å². The normalized spacial score (nSPS) is 11.5. The summed E-state index contributed by atoms with van der Waals surface area (Å²) in [6.07, 6.45) is 2.27. The van der Waals surface area contributed by atoms with Crippen molar-refractivity contribution in [3.8, 4) is 11.8 Å². The van der Waals surface area contributed by atoms with Crippen LogP contribution in [0.2, 0.25) is 0 Å². The summed E-state index contributed by atoms with van der Waals surface area (Å²) in [6, 6.07) is 3.51. The van der Waals surface area contributed by atoms with Crippen LogP contribution in [-0.2, 0) is 9.53 Å². The van der Waals surface area contributed by atoms with Crippen LogP contribution in [0, 0.1) is 11.8 Å². The third kappa shape index (κ3) is 3.14. The molecule has 0 N–H and O–H groups in total. The number of rotatable bonds is 3. The molecule has 3 heteroatoms. The van der Waals surface area contributed by atoms with Gasteiger partial charge in [0, 0.05) is 13.5 Å². The zero-order chi connectivity index (χ0) is 9.52. The topological polar surface area (TPSA) is 39.4 Å². The number of methoxy groups -OCH3 is 1. The minimum Gasteiger partial charge on any atom is -0.456 e. The summed E-state index contributed by atoms with van der Waals surface area (Å²) < 4.78 is 9.93. The Morgan fingerprint density at radius 3 is 3.15 bits per heavy atom. The second kappa shape index (κ2) is 5.18. The number of furan rings is 1. The van der Waals surface area contributed by atoms with E-state index in [-0.39, 0.29) is 12.5 Å². The standard InChI is InChI=1S/C10H10O3/c1-12-9(6-7-11)4-5-10-3-2-8-13-10/h2-3,7-9H,6H2,1H3. The Morgan fingerprint density at radius 1 is 1.77 bits per heavy atom. The maximum atomic E-state index is 10.2. The van der Waals surface area contributed by atoms with Crippen molar-refractivity contribution in [3.63, 3.8) is 0 Å². The van der Waals surface area contributed by atoms with Gasteiger partial charge in [-0.05, 0) is 18.1 Å². The lowest BCUT2D eigenvalue weighted by molar-refractivity contribution is -0.109. The van der Waals surface area contributed by atoms with Gasteiger partial charge in [-0.3, -0.25) is 0 Å². The van der Waals surface area contributed by atoms with Crippen LogP contribution in [-0.4, -0.2) is 19.5 Å². The second-order valence-corrected chi connectivity index (χ2v) is 2.37. The highest BCUT2D eigenvalue weighted by atomic mass is 16.5. The molecule has 0 saturated carbocycles. The summed E-state index contributed by atoms with van der Waals surface area (Å²) in [4.78, 5) is 10.2. The van der Waals surface area contributed by atoms with Crippen molar-refractivity contribution >= 4 is 6.29 Å². The molecule has 0 fully saturated rings. The van der Waals surface area contributed by atoms with E-state index in [0.29, 0.717) is 5.76 Å². The molecule has 0 bridgehead atoms.